The summed E-state index contributed by atoms with van der Waals surface area (Å²) in [5.41, 5.74) is 0. The van der Waals surface area contributed by atoms with Gasteiger partial charge in [-0.25, -0.2) is 0 Å². The maximum Gasteiger partial charge on any atom is 0.220 e. The average molecular weight is 847 g/mol. The molecule has 4 nitrogen and oxygen atoms in total. The van der Waals surface area contributed by atoms with Gasteiger partial charge in [0.1, 0.15) is 0 Å². The van der Waals surface area contributed by atoms with Crippen molar-refractivity contribution >= 4 is 5.91 Å². The molecule has 2 atom stereocenters. The summed E-state index contributed by atoms with van der Waals surface area (Å²) in [5.74, 6) is -0.0557. The molecule has 0 aliphatic carbocycles. The van der Waals surface area contributed by atoms with Crippen molar-refractivity contribution in [2.24, 2.45) is 0 Å². The first-order valence-electron chi connectivity index (χ1n) is 27.9. The Labute approximate surface area is 377 Å². The molecule has 0 spiro atoms. The first-order valence-corrected chi connectivity index (χ1v) is 27.9. The maximum absolute atomic E-state index is 12.5. The molecule has 0 bridgehead atoms. The zero-order chi connectivity index (χ0) is 43.5. The summed E-state index contributed by atoms with van der Waals surface area (Å²) in [5, 5.41) is 23.2. The van der Waals surface area contributed by atoms with Crippen LogP contribution in [0.25, 0.3) is 0 Å². The van der Waals surface area contributed by atoms with E-state index >= 15 is 0 Å². The van der Waals surface area contributed by atoms with Crippen molar-refractivity contribution in [2.75, 3.05) is 6.61 Å². The number of rotatable bonds is 52. The predicted octanol–water partition coefficient (Wildman–Crippen LogP) is 18.1. The Kier molecular flexibility index (Phi) is 51.7. The molecule has 0 aromatic rings. The van der Waals surface area contributed by atoms with E-state index in [9.17, 15) is 15.0 Å². The van der Waals surface area contributed by atoms with Gasteiger partial charge in [0.05, 0.1) is 18.8 Å². The van der Waals surface area contributed by atoms with Gasteiger partial charge in [-0.3, -0.25) is 4.79 Å². The smallest absolute Gasteiger partial charge is 0.220 e. The van der Waals surface area contributed by atoms with E-state index in [4.69, 9.17) is 0 Å². The van der Waals surface area contributed by atoms with Crippen molar-refractivity contribution in [3.8, 4) is 0 Å². The summed E-state index contributed by atoms with van der Waals surface area (Å²) in [6.07, 6.45) is 68.0. The van der Waals surface area contributed by atoms with E-state index in [1.807, 2.05) is 6.08 Å². The van der Waals surface area contributed by atoms with Gasteiger partial charge < -0.3 is 15.5 Å². The van der Waals surface area contributed by atoms with E-state index in [2.05, 4.69) is 19.2 Å². The summed E-state index contributed by atoms with van der Waals surface area (Å²) < 4.78 is 0. The number of amides is 1. The van der Waals surface area contributed by atoms with E-state index < -0.39 is 12.1 Å². The van der Waals surface area contributed by atoms with Gasteiger partial charge in [-0.1, -0.05) is 309 Å². The molecule has 4 heteroatoms. The van der Waals surface area contributed by atoms with Gasteiger partial charge in [-0.05, 0) is 19.3 Å². The lowest BCUT2D eigenvalue weighted by Gasteiger charge is -2.20. The standard InChI is InChI=1S/C56H111NO3/c1-3-5-7-9-11-13-15-17-19-21-23-25-26-27-28-29-30-31-32-34-36-38-40-42-44-46-48-50-52-56(60)57-54(53-58)55(59)51-49-47-45-43-41-39-37-35-33-24-22-20-18-16-14-12-10-8-6-4-2/h49,51,54-55,58-59H,3-48,50,52-53H2,1-2H3,(H,57,60)/b51-49+. The lowest BCUT2D eigenvalue weighted by molar-refractivity contribution is -0.123. The Bertz CT molecular complexity index is 829. The fourth-order valence-electron chi connectivity index (χ4n) is 9.01. The van der Waals surface area contributed by atoms with Crippen LogP contribution in [0.3, 0.4) is 0 Å². The number of hydrogen-bond donors (Lipinski definition) is 3. The lowest BCUT2D eigenvalue weighted by Crippen LogP contribution is -2.45. The van der Waals surface area contributed by atoms with Gasteiger partial charge >= 0.3 is 0 Å². The maximum atomic E-state index is 12.5. The minimum absolute atomic E-state index is 0.0557. The van der Waals surface area contributed by atoms with Crippen LogP contribution in [-0.2, 0) is 4.79 Å². The molecule has 0 fully saturated rings. The van der Waals surface area contributed by atoms with E-state index in [1.54, 1.807) is 6.08 Å². The van der Waals surface area contributed by atoms with Crippen LogP contribution in [0.1, 0.15) is 322 Å². The first kappa shape index (κ1) is 59.1. The van der Waals surface area contributed by atoms with Crippen LogP contribution in [0, 0.1) is 0 Å². The van der Waals surface area contributed by atoms with Gasteiger partial charge in [0.2, 0.25) is 5.91 Å². The number of carbonyl (C=O) groups excluding carboxylic acids is 1. The monoisotopic (exact) mass is 846 g/mol. The van der Waals surface area contributed by atoms with E-state index in [0.717, 1.165) is 25.7 Å². The second-order valence-electron chi connectivity index (χ2n) is 19.4. The van der Waals surface area contributed by atoms with Gasteiger partial charge in [-0.15, -0.1) is 0 Å². The Morgan fingerprint density at radius 3 is 0.867 bits per heavy atom. The largest absolute Gasteiger partial charge is 0.394 e. The third-order valence-electron chi connectivity index (χ3n) is 13.3. The minimum atomic E-state index is -0.835. The van der Waals surface area contributed by atoms with Crippen molar-refractivity contribution in [1.82, 2.24) is 5.32 Å². The Balaban J connectivity index is 3.44. The molecule has 0 saturated heterocycles. The molecule has 0 aromatic heterocycles. The number of aliphatic hydroxyl groups is 2. The van der Waals surface area contributed by atoms with Gasteiger partial charge in [-0.2, -0.15) is 0 Å². The Hall–Kier alpha value is -0.870. The molecular weight excluding hydrogens is 735 g/mol. The third kappa shape index (κ3) is 48.2. The third-order valence-corrected chi connectivity index (χ3v) is 13.3. The highest BCUT2D eigenvalue weighted by Gasteiger charge is 2.18. The molecule has 0 aliphatic heterocycles. The first-order chi connectivity index (χ1) is 29.7. The van der Waals surface area contributed by atoms with Crippen molar-refractivity contribution < 1.29 is 15.0 Å². The Morgan fingerprint density at radius 1 is 0.383 bits per heavy atom. The average Bonchev–Trinajstić information content (AvgIpc) is 3.25. The van der Waals surface area contributed by atoms with E-state index in [-0.39, 0.29) is 12.5 Å². The SMILES string of the molecule is CCCCCCCCCCCCCCCCCCCC/C=C/C(O)C(CO)NC(=O)CCCCCCCCCCCCCCCCCCCCCCCCCCCCCC. The number of allylic oxidation sites excluding steroid dienone is 1. The highest BCUT2D eigenvalue weighted by molar-refractivity contribution is 5.76. The summed E-state index contributed by atoms with van der Waals surface area (Å²) in [6.45, 7) is 4.35. The molecule has 0 heterocycles. The highest BCUT2D eigenvalue weighted by Crippen LogP contribution is 2.18. The van der Waals surface area contributed by atoms with Crippen LogP contribution in [0.5, 0.6) is 0 Å². The van der Waals surface area contributed by atoms with Crippen LogP contribution in [-0.4, -0.2) is 34.9 Å². The second-order valence-corrected chi connectivity index (χ2v) is 19.4. The van der Waals surface area contributed by atoms with Gasteiger partial charge in [0.25, 0.3) is 0 Å². The number of hydrogen-bond acceptors (Lipinski definition) is 3. The highest BCUT2D eigenvalue weighted by atomic mass is 16.3. The number of unbranched alkanes of at least 4 members (excludes halogenated alkanes) is 45. The van der Waals surface area contributed by atoms with Crippen molar-refractivity contribution in [1.29, 1.82) is 0 Å². The Morgan fingerprint density at radius 2 is 0.617 bits per heavy atom. The number of nitrogens with one attached hydrogen (secondary N) is 1. The normalized spacial score (nSPS) is 12.8. The van der Waals surface area contributed by atoms with Gasteiger partial charge in [0, 0.05) is 6.42 Å². The van der Waals surface area contributed by atoms with Gasteiger partial charge in [0.15, 0.2) is 0 Å². The van der Waals surface area contributed by atoms with Crippen LogP contribution in [0.2, 0.25) is 0 Å². The second kappa shape index (κ2) is 52.5. The number of carbonyl (C=O) groups is 1. The van der Waals surface area contributed by atoms with Crippen LogP contribution in [0.15, 0.2) is 12.2 Å². The topological polar surface area (TPSA) is 69.6 Å². The molecule has 358 valence electrons. The molecule has 0 saturated carbocycles. The molecule has 3 N–H and O–H groups in total. The molecule has 0 rings (SSSR count). The van der Waals surface area contributed by atoms with Crippen molar-refractivity contribution in [2.45, 2.75) is 334 Å². The molecule has 1 amide bonds. The molecule has 0 aromatic carbocycles. The quantitative estimate of drug-likeness (QED) is 0.0422. The summed E-state index contributed by atoms with van der Waals surface area (Å²) in [4.78, 5) is 12.5. The molecule has 60 heavy (non-hydrogen) atoms. The fourth-order valence-corrected chi connectivity index (χ4v) is 9.01. The van der Waals surface area contributed by atoms with Crippen LogP contribution < -0.4 is 5.32 Å². The lowest BCUT2D eigenvalue weighted by atomic mass is 10.0. The molecular formula is C56H111NO3. The van der Waals surface area contributed by atoms with E-state index in [1.165, 1.54) is 276 Å². The van der Waals surface area contributed by atoms with Crippen LogP contribution in [0.4, 0.5) is 0 Å². The van der Waals surface area contributed by atoms with Crippen LogP contribution >= 0.6 is 0 Å². The fraction of sp³-hybridized carbons (Fsp3) is 0.946. The summed E-state index contributed by atoms with van der Waals surface area (Å²) in [6, 6.07) is -0.618. The summed E-state index contributed by atoms with van der Waals surface area (Å²) in [7, 11) is 0. The summed E-state index contributed by atoms with van der Waals surface area (Å²) >= 11 is 0. The van der Waals surface area contributed by atoms with Crippen molar-refractivity contribution in [3.05, 3.63) is 12.2 Å². The van der Waals surface area contributed by atoms with E-state index in [0.29, 0.717) is 6.42 Å². The zero-order valence-corrected chi connectivity index (χ0v) is 41.3. The molecule has 2 unspecified atom stereocenters. The predicted molar refractivity (Wildman–Crippen MR) is 267 cm³/mol. The minimum Gasteiger partial charge on any atom is -0.394 e. The molecule has 0 aliphatic rings. The molecule has 0 radical (unpaired) electrons. The van der Waals surface area contributed by atoms with Crippen molar-refractivity contribution in [3.63, 3.8) is 0 Å². The zero-order valence-electron chi connectivity index (χ0n) is 41.3. The number of aliphatic hydroxyl groups excluding tert-OH is 2.